The fraction of sp³-hybridized carbons (Fsp3) is 0.462. The lowest BCUT2D eigenvalue weighted by atomic mass is 9.84. The summed E-state index contributed by atoms with van der Waals surface area (Å²) < 4.78 is 5.40. The van der Waals surface area contributed by atoms with Crippen molar-refractivity contribution in [2.45, 2.75) is 33.1 Å². The van der Waals surface area contributed by atoms with E-state index < -0.39 is 0 Å². The second-order valence-electron chi connectivity index (χ2n) is 4.98. The predicted octanol–water partition coefficient (Wildman–Crippen LogP) is 2.94. The highest BCUT2D eigenvalue weighted by atomic mass is 32.1. The average molecular weight is 237 g/mol. The first-order valence-corrected chi connectivity index (χ1v) is 5.67. The van der Waals surface area contributed by atoms with Gasteiger partial charge in [-0.25, -0.2) is 0 Å². The van der Waals surface area contributed by atoms with E-state index >= 15 is 0 Å². The number of rotatable bonds is 2. The van der Waals surface area contributed by atoms with E-state index in [1.54, 1.807) is 7.11 Å². The van der Waals surface area contributed by atoms with Gasteiger partial charge in [0.05, 0.1) is 7.11 Å². The van der Waals surface area contributed by atoms with E-state index in [0.717, 1.165) is 22.4 Å². The molecule has 1 aromatic carbocycles. The van der Waals surface area contributed by atoms with Crippen LogP contribution in [0.4, 0.5) is 0 Å². The minimum absolute atomic E-state index is 0.0125. The van der Waals surface area contributed by atoms with Gasteiger partial charge in [-0.05, 0) is 30.0 Å². The Kier molecular flexibility index (Phi) is 3.58. The number of ether oxygens (including phenoxy) is 1. The summed E-state index contributed by atoms with van der Waals surface area (Å²) in [6.45, 7) is 8.42. The van der Waals surface area contributed by atoms with Gasteiger partial charge >= 0.3 is 0 Å². The Balaban J connectivity index is 3.47. The molecular formula is C13H19NOS. The van der Waals surface area contributed by atoms with Gasteiger partial charge in [0, 0.05) is 11.1 Å². The van der Waals surface area contributed by atoms with Crippen LogP contribution in [0.3, 0.4) is 0 Å². The van der Waals surface area contributed by atoms with Gasteiger partial charge < -0.3 is 10.5 Å². The van der Waals surface area contributed by atoms with Crippen LogP contribution < -0.4 is 10.5 Å². The Morgan fingerprint density at radius 1 is 1.31 bits per heavy atom. The molecule has 0 saturated heterocycles. The molecule has 0 aromatic heterocycles. The van der Waals surface area contributed by atoms with E-state index in [4.69, 9.17) is 22.7 Å². The number of benzene rings is 1. The van der Waals surface area contributed by atoms with Crippen LogP contribution in [-0.4, -0.2) is 12.1 Å². The molecule has 0 bridgehead atoms. The number of thiocarbonyl (C=S) groups is 1. The van der Waals surface area contributed by atoms with E-state index in [9.17, 15) is 0 Å². The zero-order valence-electron chi connectivity index (χ0n) is 10.5. The topological polar surface area (TPSA) is 35.2 Å². The Labute approximate surface area is 103 Å². The maximum Gasteiger partial charge on any atom is 0.122 e. The van der Waals surface area contributed by atoms with Crippen LogP contribution in [0.25, 0.3) is 0 Å². The highest BCUT2D eigenvalue weighted by Gasteiger charge is 2.20. The van der Waals surface area contributed by atoms with E-state index in [0.29, 0.717) is 4.99 Å². The highest BCUT2D eigenvalue weighted by Crippen LogP contribution is 2.33. The molecule has 0 atom stereocenters. The van der Waals surface area contributed by atoms with Gasteiger partial charge in [-0.3, -0.25) is 0 Å². The minimum Gasteiger partial charge on any atom is -0.496 e. The molecular weight excluding hydrogens is 218 g/mol. The normalized spacial score (nSPS) is 11.3. The van der Waals surface area contributed by atoms with E-state index in [2.05, 4.69) is 20.8 Å². The molecule has 1 rings (SSSR count). The molecule has 0 radical (unpaired) electrons. The van der Waals surface area contributed by atoms with Crippen molar-refractivity contribution in [3.8, 4) is 5.75 Å². The van der Waals surface area contributed by atoms with Gasteiger partial charge in [0.2, 0.25) is 0 Å². The van der Waals surface area contributed by atoms with Gasteiger partial charge in [0.25, 0.3) is 0 Å². The molecule has 0 amide bonds. The third-order valence-corrected chi connectivity index (χ3v) is 2.84. The Morgan fingerprint density at radius 2 is 1.88 bits per heavy atom. The number of aryl methyl sites for hydroxylation is 1. The fourth-order valence-electron chi connectivity index (χ4n) is 1.70. The molecule has 0 aliphatic rings. The monoisotopic (exact) mass is 237 g/mol. The summed E-state index contributed by atoms with van der Waals surface area (Å²) in [6, 6.07) is 4.03. The van der Waals surface area contributed by atoms with Crippen LogP contribution in [0, 0.1) is 6.92 Å². The SMILES string of the molecule is COc1cc(C)c(C(N)=S)cc1C(C)(C)C. The van der Waals surface area contributed by atoms with E-state index in [1.165, 1.54) is 0 Å². The maximum absolute atomic E-state index is 5.71. The van der Waals surface area contributed by atoms with Crippen molar-refractivity contribution >= 4 is 17.2 Å². The van der Waals surface area contributed by atoms with Crippen LogP contribution in [0.5, 0.6) is 5.75 Å². The highest BCUT2D eigenvalue weighted by molar-refractivity contribution is 7.80. The number of hydrogen-bond donors (Lipinski definition) is 1. The lowest BCUT2D eigenvalue weighted by molar-refractivity contribution is 0.397. The molecule has 88 valence electrons. The third-order valence-electron chi connectivity index (χ3n) is 2.62. The van der Waals surface area contributed by atoms with Crippen molar-refractivity contribution in [1.82, 2.24) is 0 Å². The number of nitrogens with two attached hydrogens (primary N) is 1. The van der Waals surface area contributed by atoms with Crippen molar-refractivity contribution in [3.05, 3.63) is 28.8 Å². The Hall–Kier alpha value is -1.09. The Bertz CT molecular complexity index is 419. The largest absolute Gasteiger partial charge is 0.496 e. The zero-order valence-corrected chi connectivity index (χ0v) is 11.4. The van der Waals surface area contributed by atoms with Crippen molar-refractivity contribution in [2.24, 2.45) is 5.73 Å². The molecule has 3 heteroatoms. The first-order valence-electron chi connectivity index (χ1n) is 5.26. The van der Waals surface area contributed by atoms with Crippen molar-refractivity contribution in [3.63, 3.8) is 0 Å². The summed E-state index contributed by atoms with van der Waals surface area (Å²) in [5, 5.41) is 0. The third kappa shape index (κ3) is 2.53. The molecule has 0 aliphatic heterocycles. The molecule has 1 aromatic rings. The van der Waals surface area contributed by atoms with Gasteiger partial charge in [-0.15, -0.1) is 0 Å². The summed E-state index contributed by atoms with van der Waals surface area (Å²) in [6.07, 6.45) is 0. The van der Waals surface area contributed by atoms with Gasteiger partial charge in [-0.1, -0.05) is 33.0 Å². The van der Waals surface area contributed by atoms with E-state index in [1.807, 2.05) is 19.1 Å². The summed E-state index contributed by atoms with van der Waals surface area (Å²) >= 11 is 5.05. The van der Waals surface area contributed by atoms with E-state index in [-0.39, 0.29) is 5.41 Å². The van der Waals surface area contributed by atoms with Crippen LogP contribution >= 0.6 is 12.2 Å². The van der Waals surface area contributed by atoms with Gasteiger partial charge in [-0.2, -0.15) is 0 Å². The summed E-state index contributed by atoms with van der Waals surface area (Å²) in [7, 11) is 1.68. The van der Waals surface area contributed by atoms with Crippen LogP contribution in [0.1, 0.15) is 37.5 Å². The Morgan fingerprint density at radius 3 is 2.25 bits per heavy atom. The lowest BCUT2D eigenvalue weighted by Crippen LogP contribution is -2.17. The average Bonchev–Trinajstić information content (AvgIpc) is 2.14. The first-order chi connectivity index (χ1) is 7.27. The van der Waals surface area contributed by atoms with Crippen LogP contribution in [0.15, 0.2) is 12.1 Å². The second kappa shape index (κ2) is 4.42. The smallest absolute Gasteiger partial charge is 0.122 e. The quantitative estimate of drug-likeness (QED) is 0.803. The zero-order chi connectivity index (χ0) is 12.5. The van der Waals surface area contributed by atoms with Crippen LogP contribution in [-0.2, 0) is 5.41 Å². The molecule has 0 fully saturated rings. The molecule has 0 spiro atoms. The molecule has 0 unspecified atom stereocenters. The predicted molar refractivity (Wildman–Crippen MR) is 72.3 cm³/mol. The molecule has 0 heterocycles. The lowest BCUT2D eigenvalue weighted by Gasteiger charge is -2.23. The second-order valence-corrected chi connectivity index (χ2v) is 5.42. The van der Waals surface area contributed by atoms with Crippen LogP contribution in [0.2, 0.25) is 0 Å². The van der Waals surface area contributed by atoms with Crippen molar-refractivity contribution in [2.75, 3.05) is 7.11 Å². The summed E-state index contributed by atoms with van der Waals surface area (Å²) in [4.78, 5) is 0.436. The standard InChI is InChI=1S/C13H19NOS/c1-8-6-11(15-5)10(13(2,3)4)7-9(8)12(14)16/h6-7H,1-5H3,(H2,14,16). The van der Waals surface area contributed by atoms with Crippen molar-refractivity contribution < 1.29 is 4.74 Å². The number of methoxy groups -OCH3 is 1. The van der Waals surface area contributed by atoms with Crippen molar-refractivity contribution in [1.29, 1.82) is 0 Å². The number of hydrogen-bond acceptors (Lipinski definition) is 2. The molecule has 2 N–H and O–H groups in total. The molecule has 2 nitrogen and oxygen atoms in total. The first kappa shape index (κ1) is 13.0. The van der Waals surface area contributed by atoms with Gasteiger partial charge in [0.15, 0.2) is 0 Å². The minimum atomic E-state index is 0.0125. The van der Waals surface area contributed by atoms with Gasteiger partial charge in [0.1, 0.15) is 10.7 Å². The fourth-order valence-corrected chi connectivity index (χ4v) is 1.92. The molecule has 16 heavy (non-hydrogen) atoms. The maximum atomic E-state index is 5.71. The summed E-state index contributed by atoms with van der Waals surface area (Å²) in [5.74, 6) is 0.894. The summed E-state index contributed by atoms with van der Waals surface area (Å²) in [5.41, 5.74) is 8.83. The molecule has 0 saturated carbocycles. The molecule has 0 aliphatic carbocycles.